The maximum absolute atomic E-state index is 12.5. The van der Waals surface area contributed by atoms with Crippen molar-refractivity contribution in [2.45, 2.75) is 58.5 Å². The standard InChI is InChI=1S/C23H28O3/c1-5-23(26)11-9-19-16-6-7-17-14(2)20(25)15(13-24)12-21(17,3)18(16)8-10-22(19,23)4/h1,9,11,13,16,18-19,24,26H,6-8,10,12H2,2-4H3/b15-13-/t16-,18+,19+,21+,22+,23+/m1/s1. The molecule has 0 spiro atoms. The number of terminal acetylenes is 1. The van der Waals surface area contributed by atoms with Crippen LogP contribution in [0.25, 0.3) is 0 Å². The summed E-state index contributed by atoms with van der Waals surface area (Å²) in [5.74, 6) is 3.79. The summed E-state index contributed by atoms with van der Waals surface area (Å²) in [5, 5.41) is 20.6. The predicted octanol–water partition coefficient (Wildman–Crippen LogP) is 4.10. The second-order valence-corrected chi connectivity index (χ2v) is 9.24. The quantitative estimate of drug-likeness (QED) is 0.299. The van der Waals surface area contributed by atoms with E-state index in [-0.39, 0.29) is 22.5 Å². The molecule has 3 nitrogen and oxygen atoms in total. The zero-order valence-corrected chi connectivity index (χ0v) is 15.9. The summed E-state index contributed by atoms with van der Waals surface area (Å²) >= 11 is 0. The zero-order chi connectivity index (χ0) is 18.9. The van der Waals surface area contributed by atoms with Crippen LogP contribution in [-0.4, -0.2) is 21.6 Å². The molecule has 0 unspecified atom stereocenters. The van der Waals surface area contributed by atoms with Crippen molar-refractivity contribution in [3.8, 4) is 12.3 Å². The molecule has 0 aromatic carbocycles. The first-order valence-corrected chi connectivity index (χ1v) is 9.69. The van der Waals surface area contributed by atoms with Crippen LogP contribution in [0.1, 0.15) is 52.9 Å². The van der Waals surface area contributed by atoms with E-state index in [1.54, 1.807) is 0 Å². The number of allylic oxidation sites excluding steroid dienone is 4. The lowest BCUT2D eigenvalue weighted by Crippen LogP contribution is -2.55. The van der Waals surface area contributed by atoms with Crippen LogP contribution in [0.4, 0.5) is 0 Å². The van der Waals surface area contributed by atoms with Gasteiger partial charge in [-0.3, -0.25) is 4.79 Å². The Labute approximate surface area is 155 Å². The van der Waals surface area contributed by atoms with Crippen molar-refractivity contribution < 1.29 is 15.0 Å². The molecule has 0 heterocycles. The van der Waals surface area contributed by atoms with Crippen LogP contribution >= 0.6 is 0 Å². The van der Waals surface area contributed by atoms with Gasteiger partial charge in [-0.2, -0.15) is 0 Å². The molecule has 3 heteroatoms. The summed E-state index contributed by atoms with van der Waals surface area (Å²) in [6.45, 7) is 6.32. The second kappa shape index (κ2) is 5.36. The van der Waals surface area contributed by atoms with E-state index in [1.165, 1.54) is 5.57 Å². The van der Waals surface area contributed by atoms with Crippen molar-refractivity contribution in [2.75, 3.05) is 0 Å². The zero-order valence-electron chi connectivity index (χ0n) is 15.9. The third kappa shape index (κ3) is 1.92. The number of rotatable bonds is 0. The van der Waals surface area contributed by atoms with Gasteiger partial charge in [0.1, 0.15) is 5.60 Å². The highest BCUT2D eigenvalue weighted by atomic mass is 16.3. The van der Waals surface area contributed by atoms with Gasteiger partial charge in [-0.05, 0) is 73.8 Å². The number of aliphatic hydroxyl groups excluding tert-OH is 1. The average molecular weight is 352 g/mol. The molecule has 0 bridgehead atoms. The molecule has 6 atom stereocenters. The van der Waals surface area contributed by atoms with Crippen molar-refractivity contribution >= 4 is 5.78 Å². The van der Waals surface area contributed by atoms with Gasteiger partial charge in [0.15, 0.2) is 5.78 Å². The molecule has 0 amide bonds. The Kier molecular flexibility index (Phi) is 3.63. The Morgan fingerprint density at radius 2 is 2.08 bits per heavy atom. The Balaban J connectivity index is 1.77. The molecule has 4 rings (SSSR count). The lowest BCUT2D eigenvalue weighted by atomic mass is 9.45. The van der Waals surface area contributed by atoms with E-state index in [0.717, 1.165) is 37.5 Å². The highest BCUT2D eigenvalue weighted by molar-refractivity contribution is 6.09. The number of hydrogen-bond acceptors (Lipinski definition) is 3. The first-order valence-electron chi connectivity index (χ1n) is 9.69. The van der Waals surface area contributed by atoms with Gasteiger partial charge in [0, 0.05) is 11.0 Å². The summed E-state index contributed by atoms with van der Waals surface area (Å²) in [6.07, 6.45) is 15.1. The van der Waals surface area contributed by atoms with Gasteiger partial charge in [0.2, 0.25) is 0 Å². The molecule has 0 saturated heterocycles. The lowest BCUT2D eigenvalue weighted by molar-refractivity contribution is -0.115. The minimum absolute atomic E-state index is 0.00143. The van der Waals surface area contributed by atoms with Crippen molar-refractivity contribution in [2.24, 2.45) is 28.6 Å². The smallest absolute Gasteiger partial charge is 0.187 e. The minimum atomic E-state index is -1.16. The first kappa shape index (κ1) is 17.6. The van der Waals surface area contributed by atoms with Crippen LogP contribution in [0.15, 0.2) is 35.1 Å². The van der Waals surface area contributed by atoms with Crippen molar-refractivity contribution in [3.63, 3.8) is 0 Å². The summed E-state index contributed by atoms with van der Waals surface area (Å²) in [4.78, 5) is 12.5. The fourth-order valence-electron chi connectivity index (χ4n) is 6.81. The van der Waals surface area contributed by atoms with Gasteiger partial charge in [0.25, 0.3) is 0 Å². The van der Waals surface area contributed by atoms with Crippen molar-refractivity contribution in [1.29, 1.82) is 0 Å². The molecule has 138 valence electrons. The van der Waals surface area contributed by atoms with Gasteiger partial charge >= 0.3 is 0 Å². The molecule has 0 radical (unpaired) electrons. The summed E-state index contributed by atoms with van der Waals surface area (Å²) in [6, 6.07) is 0. The van der Waals surface area contributed by atoms with E-state index in [4.69, 9.17) is 6.42 Å². The molecule has 4 aliphatic rings. The first-order chi connectivity index (χ1) is 12.2. The highest BCUT2D eigenvalue weighted by Crippen LogP contribution is 2.66. The number of hydrogen-bond donors (Lipinski definition) is 2. The van der Waals surface area contributed by atoms with Crippen molar-refractivity contribution in [1.82, 2.24) is 0 Å². The van der Waals surface area contributed by atoms with Crippen LogP contribution < -0.4 is 0 Å². The fourth-order valence-corrected chi connectivity index (χ4v) is 6.81. The summed E-state index contributed by atoms with van der Waals surface area (Å²) in [5.41, 5.74) is 1.08. The fraction of sp³-hybridized carbons (Fsp3) is 0.609. The largest absolute Gasteiger partial charge is 0.515 e. The molecule has 2 saturated carbocycles. The topological polar surface area (TPSA) is 57.5 Å². The van der Waals surface area contributed by atoms with Crippen LogP contribution in [0.2, 0.25) is 0 Å². The van der Waals surface area contributed by atoms with Crippen molar-refractivity contribution in [3.05, 3.63) is 35.1 Å². The van der Waals surface area contributed by atoms with E-state index in [9.17, 15) is 15.0 Å². The van der Waals surface area contributed by atoms with Gasteiger partial charge in [0.05, 0.1) is 6.26 Å². The normalized spacial score (nSPS) is 48.8. The molecule has 0 aliphatic heterocycles. The SMILES string of the molecule is C#C[C@]1(O)C=C[C@H]2[C@@H]3CCC4=C(C)C(=O)/C(=C\O)C[C@]4(C)[C@H]3CC[C@@]21C. The summed E-state index contributed by atoms with van der Waals surface area (Å²) < 4.78 is 0. The van der Waals surface area contributed by atoms with Crippen LogP contribution in [0.3, 0.4) is 0 Å². The van der Waals surface area contributed by atoms with Crippen LogP contribution in [0.5, 0.6) is 0 Å². The van der Waals surface area contributed by atoms with Crippen LogP contribution in [0, 0.1) is 40.9 Å². The molecule has 26 heavy (non-hydrogen) atoms. The monoisotopic (exact) mass is 352 g/mol. The molecule has 0 aromatic heterocycles. The number of carbonyl (C=O) groups is 1. The second-order valence-electron chi connectivity index (χ2n) is 9.24. The highest BCUT2D eigenvalue weighted by Gasteiger charge is 2.62. The maximum Gasteiger partial charge on any atom is 0.187 e. The Hall–Kier alpha value is -1.79. The number of carbonyl (C=O) groups excluding carboxylic acids is 1. The van der Waals surface area contributed by atoms with Gasteiger partial charge < -0.3 is 10.2 Å². The van der Waals surface area contributed by atoms with E-state index in [0.29, 0.717) is 23.8 Å². The van der Waals surface area contributed by atoms with E-state index < -0.39 is 5.60 Å². The molecular weight excluding hydrogens is 324 g/mol. The van der Waals surface area contributed by atoms with Crippen LogP contribution in [-0.2, 0) is 4.79 Å². The predicted molar refractivity (Wildman–Crippen MR) is 101 cm³/mol. The molecular formula is C23H28O3. The molecule has 2 N–H and O–H groups in total. The average Bonchev–Trinajstić information content (AvgIpc) is 2.90. The van der Waals surface area contributed by atoms with Gasteiger partial charge in [-0.15, -0.1) is 6.42 Å². The lowest BCUT2D eigenvalue weighted by Gasteiger charge is -2.59. The van der Waals surface area contributed by atoms with Gasteiger partial charge in [-0.25, -0.2) is 0 Å². The number of aliphatic hydroxyl groups is 2. The number of ketones is 1. The summed E-state index contributed by atoms with van der Waals surface area (Å²) in [7, 11) is 0. The van der Waals surface area contributed by atoms with E-state index >= 15 is 0 Å². The van der Waals surface area contributed by atoms with E-state index in [2.05, 4.69) is 25.8 Å². The Morgan fingerprint density at radius 3 is 2.73 bits per heavy atom. The van der Waals surface area contributed by atoms with E-state index in [1.807, 2.05) is 13.0 Å². The third-order valence-corrected chi connectivity index (χ3v) is 8.36. The van der Waals surface area contributed by atoms with Gasteiger partial charge in [-0.1, -0.05) is 31.4 Å². The number of fused-ring (bicyclic) bond motifs is 5. The molecule has 2 fully saturated rings. The number of Topliss-reactive ketones (excluding diaryl/α,β-unsaturated/α-hetero) is 1. The molecule has 0 aromatic rings. The Morgan fingerprint density at radius 1 is 1.35 bits per heavy atom. The minimum Gasteiger partial charge on any atom is -0.515 e. The third-order valence-electron chi connectivity index (χ3n) is 8.36. The Bertz CT molecular complexity index is 810. The maximum atomic E-state index is 12.5. The molecule has 4 aliphatic carbocycles.